The van der Waals surface area contributed by atoms with E-state index in [1.165, 1.54) is 22.3 Å². The Hall–Kier alpha value is -2.09. The molecule has 0 aliphatic heterocycles. The largest absolute Gasteiger partial charge is 0.464 e. The van der Waals surface area contributed by atoms with E-state index in [4.69, 9.17) is 4.74 Å². The summed E-state index contributed by atoms with van der Waals surface area (Å²) >= 11 is 0. The maximum Gasteiger partial charge on any atom is 0.293 e. The number of carbonyl (C=O) groups excluding carboxylic acids is 1. The van der Waals surface area contributed by atoms with Gasteiger partial charge in [0.2, 0.25) is 0 Å². The molecular formula is C19H20O2. The zero-order valence-corrected chi connectivity index (χ0v) is 12.5. The Balaban J connectivity index is 2.10. The van der Waals surface area contributed by atoms with Gasteiger partial charge in [0.25, 0.3) is 6.47 Å². The molecule has 2 aromatic carbocycles. The van der Waals surface area contributed by atoms with Crippen LogP contribution in [0.5, 0.6) is 0 Å². The van der Waals surface area contributed by atoms with Gasteiger partial charge in [0, 0.05) is 5.92 Å². The highest BCUT2D eigenvalue weighted by Gasteiger charge is 2.35. The van der Waals surface area contributed by atoms with E-state index in [0.29, 0.717) is 12.4 Å². The summed E-state index contributed by atoms with van der Waals surface area (Å²) in [5.41, 5.74) is 5.07. The first-order valence-corrected chi connectivity index (χ1v) is 7.49. The molecule has 0 N–H and O–H groups in total. The third-order valence-electron chi connectivity index (χ3n) is 4.19. The van der Waals surface area contributed by atoms with Crippen molar-refractivity contribution in [2.24, 2.45) is 5.92 Å². The quantitative estimate of drug-likeness (QED) is 0.759. The van der Waals surface area contributed by atoms with Crippen molar-refractivity contribution in [2.75, 3.05) is 0 Å². The Bertz CT molecular complexity index is 600. The molecule has 1 aliphatic rings. The van der Waals surface area contributed by atoms with Crippen LogP contribution in [0.15, 0.2) is 48.5 Å². The lowest BCUT2D eigenvalue weighted by Crippen LogP contribution is -2.23. The highest BCUT2D eigenvalue weighted by atomic mass is 16.5. The molecule has 1 atom stereocenters. The van der Waals surface area contributed by atoms with Crippen LogP contribution in [0.2, 0.25) is 0 Å². The van der Waals surface area contributed by atoms with Crippen molar-refractivity contribution in [1.82, 2.24) is 0 Å². The molecule has 0 spiro atoms. The summed E-state index contributed by atoms with van der Waals surface area (Å²) in [7, 11) is 0. The van der Waals surface area contributed by atoms with Crippen molar-refractivity contribution in [1.29, 1.82) is 0 Å². The lowest BCUT2D eigenvalue weighted by molar-refractivity contribution is -0.134. The lowest BCUT2D eigenvalue weighted by atomic mass is 9.87. The fraction of sp³-hybridized carbons (Fsp3) is 0.316. The fourth-order valence-electron chi connectivity index (χ4n) is 3.40. The summed E-state index contributed by atoms with van der Waals surface area (Å²) in [5, 5.41) is 0. The third kappa shape index (κ3) is 2.46. The monoisotopic (exact) mass is 280 g/mol. The van der Waals surface area contributed by atoms with E-state index < -0.39 is 0 Å². The molecular weight excluding hydrogens is 260 g/mol. The van der Waals surface area contributed by atoms with Crippen molar-refractivity contribution in [3.63, 3.8) is 0 Å². The Morgan fingerprint density at radius 3 is 2.00 bits per heavy atom. The molecule has 0 aromatic heterocycles. The topological polar surface area (TPSA) is 26.3 Å². The van der Waals surface area contributed by atoms with E-state index >= 15 is 0 Å². The third-order valence-corrected chi connectivity index (χ3v) is 4.19. The van der Waals surface area contributed by atoms with Gasteiger partial charge in [-0.15, -0.1) is 0 Å². The maximum atomic E-state index is 11.0. The number of rotatable bonds is 5. The summed E-state index contributed by atoms with van der Waals surface area (Å²) in [4.78, 5) is 11.0. The first-order chi connectivity index (χ1) is 10.2. The van der Waals surface area contributed by atoms with Crippen LogP contribution in [0.1, 0.15) is 37.3 Å². The highest BCUT2D eigenvalue weighted by Crippen LogP contribution is 2.47. The molecule has 1 aliphatic carbocycles. The lowest BCUT2D eigenvalue weighted by Gasteiger charge is -2.25. The minimum Gasteiger partial charge on any atom is -0.464 e. The normalized spacial score (nSPS) is 14.6. The van der Waals surface area contributed by atoms with Gasteiger partial charge >= 0.3 is 0 Å². The summed E-state index contributed by atoms with van der Waals surface area (Å²) in [5.74, 6) is 0.625. The van der Waals surface area contributed by atoms with E-state index in [0.717, 1.165) is 6.42 Å². The highest BCUT2D eigenvalue weighted by molar-refractivity contribution is 5.79. The second kappa shape index (κ2) is 5.72. The molecule has 2 heteroatoms. The Morgan fingerprint density at radius 1 is 1.00 bits per heavy atom. The van der Waals surface area contributed by atoms with Crippen LogP contribution in [0.4, 0.5) is 0 Å². The van der Waals surface area contributed by atoms with E-state index in [9.17, 15) is 4.79 Å². The van der Waals surface area contributed by atoms with Crippen LogP contribution in [0, 0.1) is 5.92 Å². The first kappa shape index (κ1) is 13.9. The van der Waals surface area contributed by atoms with Crippen LogP contribution < -0.4 is 0 Å². The smallest absolute Gasteiger partial charge is 0.293 e. The Morgan fingerprint density at radius 2 is 1.52 bits per heavy atom. The molecule has 2 nitrogen and oxygen atoms in total. The summed E-state index contributed by atoms with van der Waals surface area (Å²) in [6, 6.07) is 16.9. The fourth-order valence-corrected chi connectivity index (χ4v) is 3.40. The number of benzene rings is 2. The molecule has 0 saturated carbocycles. The molecule has 0 heterocycles. The van der Waals surface area contributed by atoms with Crippen LogP contribution in [-0.4, -0.2) is 12.6 Å². The zero-order chi connectivity index (χ0) is 14.8. The number of ether oxygens (including phenoxy) is 1. The van der Waals surface area contributed by atoms with Gasteiger partial charge in [0.15, 0.2) is 0 Å². The first-order valence-electron chi connectivity index (χ1n) is 7.49. The number of hydrogen-bond acceptors (Lipinski definition) is 2. The molecule has 2 aromatic rings. The van der Waals surface area contributed by atoms with Crippen LogP contribution in [0.3, 0.4) is 0 Å². The van der Waals surface area contributed by atoms with E-state index in [2.05, 4.69) is 62.4 Å². The summed E-state index contributed by atoms with van der Waals surface area (Å²) in [6.07, 6.45) is 0.763. The van der Waals surface area contributed by atoms with Gasteiger partial charge in [-0.05, 0) is 34.6 Å². The van der Waals surface area contributed by atoms with Gasteiger partial charge in [0.1, 0.15) is 6.10 Å². The molecule has 0 radical (unpaired) electrons. The average Bonchev–Trinajstić information content (AvgIpc) is 2.81. The average molecular weight is 280 g/mol. The number of carbonyl (C=O) groups is 1. The zero-order valence-electron chi connectivity index (χ0n) is 12.5. The van der Waals surface area contributed by atoms with Crippen molar-refractivity contribution < 1.29 is 9.53 Å². The molecule has 108 valence electrons. The minimum atomic E-state index is -0.104. The van der Waals surface area contributed by atoms with Crippen LogP contribution >= 0.6 is 0 Å². The van der Waals surface area contributed by atoms with Crippen LogP contribution in [0.25, 0.3) is 11.1 Å². The SMILES string of the molecule is CC(C)CC(OC=O)C1c2ccccc2-c2ccccc21. The van der Waals surface area contributed by atoms with Gasteiger partial charge in [-0.3, -0.25) is 4.79 Å². The summed E-state index contributed by atoms with van der Waals surface area (Å²) < 4.78 is 5.47. The second-order valence-electron chi connectivity index (χ2n) is 6.05. The molecule has 0 fully saturated rings. The molecule has 0 amide bonds. The van der Waals surface area contributed by atoms with Crippen LogP contribution in [-0.2, 0) is 9.53 Å². The van der Waals surface area contributed by atoms with E-state index in [1.54, 1.807) is 0 Å². The predicted molar refractivity (Wildman–Crippen MR) is 84.1 cm³/mol. The Kier molecular flexibility index (Phi) is 3.78. The van der Waals surface area contributed by atoms with Crippen molar-refractivity contribution in [3.05, 3.63) is 59.7 Å². The van der Waals surface area contributed by atoms with Gasteiger partial charge in [-0.1, -0.05) is 62.4 Å². The molecule has 21 heavy (non-hydrogen) atoms. The molecule has 1 unspecified atom stereocenters. The summed E-state index contributed by atoms with van der Waals surface area (Å²) in [6.45, 7) is 4.92. The number of hydrogen-bond donors (Lipinski definition) is 0. The number of fused-ring (bicyclic) bond motifs is 3. The molecule has 0 bridgehead atoms. The van der Waals surface area contributed by atoms with Gasteiger partial charge in [-0.25, -0.2) is 0 Å². The molecule has 3 rings (SSSR count). The van der Waals surface area contributed by atoms with E-state index in [-0.39, 0.29) is 12.0 Å². The maximum absolute atomic E-state index is 11.0. The van der Waals surface area contributed by atoms with Crippen molar-refractivity contribution >= 4 is 6.47 Å². The van der Waals surface area contributed by atoms with Crippen molar-refractivity contribution in [2.45, 2.75) is 32.3 Å². The van der Waals surface area contributed by atoms with Gasteiger partial charge in [-0.2, -0.15) is 0 Å². The Labute approximate surface area is 125 Å². The predicted octanol–water partition coefficient (Wildman–Crippen LogP) is 4.39. The standard InChI is InChI=1S/C19H20O2/c1-13(2)11-18(21-12-20)19-16-9-5-3-7-14(16)15-8-4-6-10-17(15)19/h3-10,12-13,18-19H,11H2,1-2H3. The second-order valence-corrected chi connectivity index (χ2v) is 6.05. The van der Waals surface area contributed by atoms with E-state index in [1.807, 2.05) is 0 Å². The van der Waals surface area contributed by atoms with Gasteiger partial charge in [0.05, 0.1) is 0 Å². The molecule has 0 saturated heterocycles. The minimum absolute atomic E-state index is 0.104. The van der Waals surface area contributed by atoms with Gasteiger partial charge < -0.3 is 4.74 Å². The van der Waals surface area contributed by atoms with Crippen molar-refractivity contribution in [3.8, 4) is 11.1 Å².